The molecule has 3 aromatic carbocycles. The molecule has 0 unspecified atom stereocenters. The van der Waals surface area contributed by atoms with Crippen molar-refractivity contribution in [2.45, 2.75) is 49.6 Å². The largest absolute Gasteiger partial charge is 0.329 e. The number of halogens is 3. The van der Waals surface area contributed by atoms with Crippen molar-refractivity contribution in [3.05, 3.63) is 110 Å². The van der Waals surface area contributed by atoms with Gasteiger partial charge in [-0.1, -0.05) is 59.6 Å². The third-order valence-corrected chi connectivity index (χ3v) is 9.81. The van der Waals surface area contributed by atoms with Crippen LogP contribution in [0.1, 0.15) is 59.2 Å². The van der Waals surface area contributed by atoms with Crippen LogP contribution in [0.15, 0.2) is 72.3 Å². The van der Waals surface area contributed by atoms with E-state index in [1.165, 1.54) is 28.3 Å². The number of carbonyl (C=O) groups is 1. The highest BCUT2D eigenvalue weighted by atomic mass is 35.5. The number of nitrogens with zero attached hydrogens (tertiary/aromatic N) is 2. The number of carbonyl (C=O) groups excluding carboxylic acids is 1. The lowest BCUT2D eigenvalue weighted by Crippen LogP contribution is -2.60. The summed E-state index contributed by atoms with van der Waals surface area (Å²) in [7, 11) is 4.16. The third kappa shape index (κ3) is 3.92. The maximum Gasteiger partial charge on any atom is 0.256 e. The zero-order chi connectivity index (χ0) is 26.7. The molecule has 2 aliphatic carbocycles. The standard InChI is InChI=1S/C32H31Cl2FN2O/c1-36(2)31(22-7-5-8-24(35)19-22)13-15-32(16-14-31)28-18-21-6-3-4-9-25(21)26(28)12-17-37(32)30(38)27-11-10-23(33)20-29(27)34/h3-11,19-20H,12-18H2,1-2H3. The molecular weight excluding hydrogens is 518 g/mol. The normalized spacial score (nSPS) is 24.6. The Hall–Kier alpha value is -2.66. The molecule has 1 spiro atoms. The van der Waals surface area contributed by atoms with E-state index in [0.29, 0.717) is 22.2 Å². The summed E-state index contributed by atoms with van der Waals surface area (Å²) in [6.07, 6.45) is 4.91. The van der Waals surface area contributed by atoms with E-state index in [4.69, 9.17) is 23.2 Å². The van der Waals surface area contributed by atoms with Gasteiger partial charge in [-0.3, -0.25) is 9.69 Å². The lowest BCUT2D eigenvalue weighted by atomic mass is 9.63. The number of amides is 1. The van der Waals surface area contributed by atoms with Crippen molar-refractivity contribution in [3.8, 4) is 0 Å². The molecule has 3 aliphatic rings. The fraction of sp³-hybridized carbons (Fsp3) is 0.344. The monoisotopic (exact) mass is 548 g/mol. The topological polar surface area (TPSA) is 23.6 Å². The average Bonchev–Trinajstić information content (AvgIpc) is 3.29. The van der Waals surface area contributed by atoms with Crippen LogP contribution >= 0.6 is 23.2 Å². The van der Waals surface area contributed by atoms with E-state index >= 15 is 0 Å². The van der Waals surface area contributed by atoms with Gasteiger partial charge >= 0.3 is 0 Å². The van der Waals surface area contributed by atoms with Gasteiger partial charge < -0.3 is 4.90 Å². The van der Waals surface area contributed by atoms with E-state index in [2.05, 4.69) is 48.2 Å². The van der Waals surface area contributed by atoms with Crippen LogP contribution in [0.5, 0.6) is 0 Å². The molecule has 0 atom stereocenters. The first-order valence-corrected chi connectivity index (χ1v) is 14.0. The van der Waals surface area contributed by atoms with Gasteiger partial charge in [-0.2, -0.15) is 0 Å². The van der Waals surface area contributed by atoms with Crippen molar-refractivity contribution in [2.75, 3.05) is 20.6 Å². The zero-order valence-corrected chi connectivity index (χ0v) is 23.2. The fourth-order valence-electron chi connectivity index (χ4n) is 7.29. The summed E-state index contributed by atoms with van der Waals surface area (Å²) >= 11 is 12.7. The molecule has 1 heterocycles. The Bertz CT molecular complexity index is 1460. The minimum Gasteiger partial charge on any atom is -0.329 e. The second-order valence-electron chi connectivity index (χ2n) is 11.1. The highest BCUT2D eigenvalue weighted by molar-refractivity contribution is 6.36. The van der Waals surface area contributed by atoms with Crippen LogP contribution in [0, 0.1) is 5.82 Å². The zero-order valence-electron chi connectivity index (χ0n) is 21.7. The highest BCUT2D eigenvalue weighted by Crippen LogP contribution is 2.55. The minimum absolute atomic E-state index is 0.0442. The first-order valence-electron chi connectivity index (χ1n) is 13.3. The number of benzene rings is 3. The van der Waals surface area contributed by atoms with E-state index < -0.39 is 5.54 Å². The SMILES string of the molecule is CN(C)C1(c2cccc(F)c2)CCC2(CC1)C1=C(CCN2C(=O)c2ccc(Cl)cc2Cl)c2ccccc2C1. The Kier molecular flexibility index (Phi) is 6.41. The number of rotatable bonds is 3. The Morgan fingerprint density at radius 3 is 2.42 bits per heavy atom. The number of hydrogen-bond acceptors (Lipinski definition) is 2. The lowest BCUT2D eigenvalue weighted by molar-refractivity contribution is 0.00715. The number of fused-ring (bicyclic) bond motifs is 3. The van der Waals surface area contributed by atoms with Crippen molar-refractivity contribution in [3.63, 3.8) is 0 Å². The summed E-state index contributed by atoms with van der Waals surface area (Å²) in [6.45, 7) is 0.639. The van der Waals surface area contributed by atoms with Gasteiger partial charge in [0.1, 0.15) is 5.82 Å². The Morgan fingerprint density at radius 2 is 1.71 bits per heavy atom. The molecule has 0 radical (unpaired) electrons. The van der Waals surface area contributed by atoms with Gasteiger partial charge in [0, 0.05) is 17.1 Å². The molecule has 0 N–H and O–H groups in total. The van der Waals surface area contributed by atoms with Crippen molar-refractivity contribution in [2.24, 2.45) is 0 Å². The second kappa shape index (κ2) is 9.51. The van der Waals surface area contributed by atoms with E-state index in [1.54, 1.807) is 30.3 Å². The molecule has 3 aromatic rings. The summed E-state index contributed by atoms with van der Waals surface area (Å²) < 4.78 is 14.4. The van der Waals surface area contributed by atoms with Gasteiger partial charge in [0.2, 0.25) is 0 Å². The van der Waals surface area contributed by atoms with E-state index in [1.807, 2.05) is 6.07 Å². The Labute approximate surface area is 233 Å². The van der Waals surface area contributed by atoms with Crippen LogP contribution in [-0.2, 0) is 12.0 Å². The predicted octanol–water partition coefficient (Wildman–Crippen LogP) is 7.76. The molecular formula is C32H31Cl2FN2O. The first-order chi connectivity index (χ1) is 18.2. The highest BCUT2D eigenvalue weighted by Gasteiger charge is 2.54. The van der Waals surface area contributed by atoms with Crippen molar-refractivity contribution >= 4 is 34.7 Å². The molecule has 1 fully saturated rings. The van der Waals surface area contributed by atoms with Gasteiger partial charge in [0.15, 0.2) is 0 Å². The molecule has 1 saturated carbocycles. The molecule has 0 saturated heterocycles. The van der Waals surface area contributed by atoms with Gasteiger partial charge in [-0.25, -0.2) is 4.39 Å². The molecule has 6 rings (SSSR count). The summed E-state index contributed by atoms with van der Waals surface area (Å²) in [6, 6.07) is 20.8. The van der Waals surface area contributed by atoms with Crippen molar-refractivity contribution < 1.29 is 9.18 Å². The molecule has 0 aromatic heterocycles. The van der Waals surface area contributed by atoms with Crippen molar-refractivity contribution in [1.29, 1.82) is 0 Å². The van der Waals surface area contributed by atoms with Crippen molar-refractivity contribution in [1.82, 2.24) is 9.80 Å². The molecule has 1 aliphatic heterocycles. The summed E-state index contributed by atoms with van der Waals surface area (Å²) in [4.78, 5) is 18.5. The summed E-state index contributed by atoms with van der Waals surface area (Å²) in [5.41, 5.74) is 6.20. The maximum absolute atomic E-state index is 14.4. The average molecular weight is 550 g/mol. The van der Waals surface area contributed by atoms with E-state index in [-0.39, 0.29) is 17.3 Å². The lowest BCUT2D eigenvalue weighted by Gasteiger charge is -2.56. The third-order valence-electron chi connectivity index (χ3n) is 9.27. The minimum atomic E-state index is -0.417. The molecule has 6 heteroatoms. The van der Waals surface area contributed by atoms with Crippen LogP contribution in [0.2, 0.25) is 10.0 Å². The van der Waals surface area contributed by atoms with E-state index in [0.717, 1.165) is 44.1 Å². The molecule has 1 amide bonds. The van der Waals surface area contributed by atoms with Gasteiger partial charge in [0.25, 0.3) is 5.91 Å². The maximum atomic E-state index is 14.4. The number of hydrogen-bond donors (Lipinski definition) is 0. The second-order valence-corrected chi connectivity index (χ2v) is 11.9. The predicted molar refractivity (Wildman–Crippen MR) is 152 cm³/mol. The summed E-state index contributed by atoms with van der Waals surface area (Å²) in [5.74, 6) is -0.260. The van der Waals surface area contributed by atoms with Crippen LogP contribution in [0.4, 0.5) is 4.39 Å². The molecule has 3 nitrogen and oxygen atoms in total. The van der Waals surface area contributed by atoms with Gasteiger partial charge in [-0.15, -0.1) is 0 Å². The Morgan fingerprint density at radius 1 is 0.947 bits per heavy atom. The van der Waals surface area contributed by atoms with Gasteiger partial charge in [0.05, 0.1) is 16.1 Å². The molecule has 0 bridgehead atoms. The van der Waals surface area contributed by atoms with Crippen LogP contribution in [-0.4, -0.2) is 41.9 Å². The van der Waals surface area contributed by atoms with Crippen LogP contribution in [0.25, 0.3) is 5.57 Å². The van der Waals surface area contributed by atoms with E-state index in [9.17, 15) is 9.18 Å². The quantitative estimate of drug-likeness (QED) is 0.334. The van der Waals surface area contributed by atoms with Crippen LogP contribution < -0.4 is 0 Å². The Balaban J connectivity index is 1.44. The molecule has 38 heavy (non-hydrogen) atoms. The first kappa shape index (κ1) is 25.6. The smallest absolute Gasteiger partial charge is 0.256 e. The summed E-state index contributed by atoms with van der Waals surface area (Å²) in [5, 5.41) is 0.894. The van der Waals surface area contributed by atoms with Gasteiger partial charge in [-0.05, 0) is 111 Å². The fourth-order valence-corrected chi connectivity index (χ4v) is 7.77. The molecule has 196 valence electrons. The van der Waals surface area contributed by atoms with Crippen LogP contribution in [0.3, 0.4) is 0 Å².